The topological polar surface area (TPSA) is 49.0 Å². The number of rotatable bonds is 5. The molecule has 0 radical (unpaired) electrons. The molecule has 4 nitrogen and oxygen atoms in total. The molecule has 1 fully saturated rings. The zero-order chi connectivity index (χ0) is 20.3. The SMILES string of the molecule is O=C(CCc1ccc(-c2ccccc2)[nH]1)N1CCC(c2nc3ccccc3s2)CC1. The van der Waals surface area contributed by atoms with Crippen molar-refractivity contribution < 1.29 is 4.79 Å². The van der Waals surface area contributed by atoms with Crippen molar-refractivity contribution in [2.24, 2.45) is 0 Å². The minimum absolute atomic E-state index is 0.258. The Morgan fingerprint density at radius 2 is 1.77 bits per heavy atom. The highest BCUT2D eigenvalue weighted by Gasteiger charge is 2.25. The smallest absolute Gasteiger partial charge is 0.222 e. The molecule has 3 heterocycles. The fraction of sp³-hybridized carbons (Fsp3) is 0.280. The van der Waals surface area contributed by atoms with Gasteiger partial charge in [-0.05, 0) is 49.1 Å². The number of nitrogens with zero attached hydrogens (tertiary/aromatic N) is 2. The molecule has 1 saturated heterocycles. The van der Waals surface area contributed by atoms with Gasteiger partial charge in [-0.3, -0.25) is 4.79 Å². The van der Waals surface area contributed by atoms with Crippen LogP contribution in [0, 0.1) is 0 Å². The van der Waals surface area contributed by atoms with E-state index >= 15 is 0 Å². The van der Waals surface area contributed by atoms with E-state index in [-0.39, 0.29) is 5.91 Å². The third-order valence-electron chi connectivity index (χ3n) is 5.95. The Bertz CT molecular complexity index is 1110. The van der Waals surface area contributed by atoms with Gasteiger partial charge < -0.3 is 9.88 Å². The summed E-state index contributed by atoms with van der Waals surface area (Å²) in [5, 5.41) is 1.23. The highest BCUT2D eigenvalue weighted by molar-refractivity contribution is 7.18. The Kier molecular flexibility index (Phi) is 5.37. The van der Waals surface area contributed by atoms with E-state index in [2.05, 4.69) is 47.4 Å². The van der Waals surface area contributed by atoms with E-state index in [1.54, 1.807) is 11.3 Å². The van der Waals surface area contributed by atoms with Crippen molar-refractivity contribution in [3.63, 3.8) is 0 Å². The Labute approximate surface area is 180 Å². The second-order valence-corrected chi connectivity index (χ2v) is 9.00. The number of likely N-dealkylation sites (tertiary alicyclic amines) is 1. The van der Waals surface area contributed by atoms with Crippen LogP contribution in [0.2, 0.25) is 0 Å². The molecular weight excluding hydrogens is 390 g/mol. The van der Waals surface area contributed by atoms with Gasteiger partial charge in [0.2, 0.25) is 5.91 Å². The van der Waals surface area contributed by atoms with E-state index in [4.69, 9.17) is 4.98 Å². The maximum Gasteiger partial charge on any atom is 0.222 e. The fourth-order valence-corrected chi connectivity index (χ4v) is 5.35. The lowest BCUT2D eigenvalue weighted by Gasteiger charge is -2.31. The second kappa shape index (κ2) is 8.44. The summed E-state index contributed by atoms with van der Waals surface area (Å²) in [4.78, 5) is 23.0. The van der Waals surface area contributed by atoms with Gasteiger partial charge in [0.15, 0.2) is 0 Å². The fourth-order valence-electron chi connectivity index (χ4n) is 4.21. The number of carbonyl (C=O) groups excluding carboxylic acids is 1. The molecule has 1 amide bonds. The first-order chi connectivity index (χ1) is 14.8. The number of aromatic nitrogens is 2. The van der Waals surface area contributed by atoms with E-state index < -0.39 is 0 Å². The molecule has 30 heavy (non-hydrogen) atoms. The molecule has 2 aromatic heterocycles. The number of amides is 1. The quantitative estimate of drug-likeness (QED) is 0.459. The van der Waals surface area contributed by atoms with Crippen LogP contribution in [0.25, 0.3) is 21.5 Å². The molecule has 0 saturated carbocycles. The van der Waals surface area contributed by atoms with Gasteiger partial charge in [0.1, 0.15) is 0 Å². The third kappa shape index (κ3) is 4.03. The summed E-state index contributed by atoms with van der Waals surface area (Å²) in [6.07, 6.45) is 3.32. The first kappa shape index (κ1) is 19.1. The number of piperidine rings is 1. The molecule has 0 aliphatic carbocycles. The van der Waals surface area contributed by atoms with Gasteiger partial charge in [-0.2, -0.15) is 0 Å². The number of nitrogens with one attached hydrogen (secondary N) is 1. The van der Waals surface area contributed by atoms with Gasteiger partial charge in [0, 0.05) is 36.8 Å². The van der Waals surface area contributed by atoms with Crippen LogP contribution in [-0.4, -0.2) is 33.9 Å². The number of thiazole rings is 1. The van der Waals surface area contributed by atoms with Crippen LogP contribution in [-0.2, 0) is 11.2 Å². The summed E-state index contributed by atoms with van der Waals surface area (Å²) in [7, 11) is 0. The Hall–Kier alpha value is -2.92. The highest BCUT2D eigenvalue weighted by Crippen LogP contribution is 2.34. The summed E-state index contributed by atoms with van der Waals surface area (Å²) in [6, 6.07) is 22.8. The van der Waals surface area contributed by atoms with Gasteiger partial charge in [0.05, 0.1) is 15.2 Å². The van der Waals surface area contributed by atoms with Crippen molar-refractivity contribution >= 4 is 27.5 Å². The number of hydrogen-bond donors (Lipinski definition) is 1. The maximum absolute atomic E-state index is 12.7. The van der Waals surface area contributed by atoms with Crippen molar-refractivity contribution in [2.45, 2.75) is 31.6 Å². The molecule has 1 aliphatic heterocycles. The van der Waals surface area contributed by atoms with E-state index in [1.807, 2.05) is 29.2 Å². The zero-order valence-electron chi connectivity index (χ0n) is 16.9. The number of hydrogen-bond acceptors (Lipinski definition) is 3. The number of aryl methyl sites for hydroxylation is 1. The van der Waals surface area contributed by atoms with Crippen LogP contribution in [0.3, 0.4) is 0 Å². The number of aromatic amines is 1. The Morgan fingerprint density at radius 3 is 2.57 bits per heavy atom. The minimum atomic E-state index is 0.258. The van der Waals surface area contributed by atoms with Gasteiger partial charge in [-0.1, -0.05) is 42.5 Å². The van der Waals surface area contributed by atoms with Crippen molar-refractivity contribution in [1.82, 2.24) is 14.9 Å². The standard InChI is InChI=1S/C25H25N3OS/c29-24(13-11-20-10-12-21(26-20)18-6-2-1-3-7-18)28-16-14-19(15-17-28)25-27-22-8-4-5-9-23(22)30-25/h1-10,12,19,26H,11,13-17H2. The molecule has 5 rings (SSSR count). The average Bonchev–Trinajstić information content (AvgIpc) is 3.45. The number of para-hydroxylation sites is 1. The molecule has 152 valence electrons. The van der Waals surface area contributed by atoms with Gasteiger partial charge in [-0.25, -0.2) is 4.98 Å². The normalized spacial score (nSPS) is 15.0. The number of H-pyrrole nitrogens is 1. The number of carbonyl (C=O) groups is 1. The monoisotopic (exact) mass is 415 g/mol. The molecule has 1 aliphatic rings. The van der Waals surface area contributed by atoms with Crippen molar-refractivity contribution in [1.29, 1.82) is 0 Å². The van der Waals surface area contributed by atoms with Crippen LogP contribution in [0.1, 0.15) is 35.9 Å². The van der Waals surface area contributed by atoms with Gasteiger partial charge in [0.25, 0.3) is 0 Å². The van der Waals surface area contributed by atoms with Crippen LogP contribution in [0.5, 0.6) is 0 Å². The van der Waals surface area contributed by atoms with Crippen LogP contribution >= 0.6 is 11.3 Å². The van der Waals surface area contributed by atoms with Crippen molar-refractivity contribution in [3.8, 4) is 11.3 Å². The molecule has 0 bridgehead atoms. The molecule has 4 aromatic rings. The molecule has 0 unspecified atom stereocenters. The van der Waals surface area contributed by atoms with Gasteiger partial charge >= 0.3 is 0 Å². The van der Waals surface area contributed by atoms with E-state index in [1.165, 1.54) is 15.3 Å². The number of benzene rings is 2. The van der Waals surface area contributed by atoms with Gasteiger partial charge in [-0.15, -0.1) is 11.3 Å². The minimum Gasteiger partial charge on any atom is -0.358 e. The molecule has 0 atom stereocenters. The lowest BCUT2D eigenvalue weighted by molar-refractivity contribution is -0.132. The van der Waals surface area contributed by atoms with Crippen LogP contribution < -0.4 is 0 Å². The summed E-state index contributed by atoms with van der Waals surface area (Å²) in [5.41, 5.74) is 4.49. The van der Waals surface area contributed by atoms with Crippen molar-refractivity contribution in [3.05, 3.63) is 77.4 Å². The molecule has 1 N–H and O–H groups in total. The number of fused-ring (bicyclic) bond motifs is 1. The van der Waals surface area contributed by atoms with Crippen LogP contribution in [0.15, 0.2) is 66.7 Å². The first-order valence-electron chi connectivity index (χ1n) is 10.6. The summed E-state index contributed by atoms with van der Waals surface area (Å²) < 4.78 is 1.26. The summed E-state index contributed by atoms with van der Waals surface area (Å²) in [5.74, 6) is 0.733. The summed E-state index contributed by atoms with van der Waals surface area (Å²) >= 11 is 1.80. The van der Waals surface area contributed by atoms with E-state index in [0.717, 1.165) is 49.3 Å². The predicted octanol–water partition coefficient (Wildman–Crippen LogP) is 5.63. The second-order valence-electron chi connectivity index (χ2n) is 7.94. The molecule has 2 aromatic carbocycles. The highest BCUT2D eigenvalue weighted by atomic mass is 32.1. The maximum atomic E-state index is 12.7. The average molecular weight is 416 g/mol. The zero-order valence-corrected chi connectivity index (χ0v) is 17.7. The predicted molar refractivity (Wildman–Crippen MR) is 123 cm³/mol. The Morgan fingerprint density at radius 1 is 1.00 bits per heavy atom. The third-order valence-corrected chi connectivity index (χ3v) is 7.15. The first-order valence-corrected chi connectivity index (χ1v) is 11.4. The Balaban J connectivity index is 1.14. The largest absolute Gasteiger partial charge is 0.358 e. The molecule has 5 heteroatoms. The van der Waals surface area contributed by atoms with Crippen LogP contribution in [0.4, 0.5) is 0 Å². The molecule has 0 spiro atoms. The van der Waals surface area contributed by atoms with E-state index in [9.17, 15) is 4.79 Å². The van der Waals surface area contributed by atoms with E-state index in [0.29, 0.717) is 12.3 Å². The lowest BCUT2D eigenvalue weighted by atomic mass is 9.97. The molecular formula is C25H25N3OS. The summed E-state index contributed by atoms with van der Waals surface area (Å²) in [6.45, 7) is 1.67. The van der Waals surface area contributed by atoms with Crippen molar-refractivity contribution in [2.75, 3.05) is 13.1 Å². The lowest BCUT2D eigenvalue weighted by Crippen LogP contribution is -2.38.